The number of aryl methyl sites for hydroxylation is 1. The highest BCUT2D eigenvalue weighted by Crippen LogP contribution is 2.12. The molecule has 0 aromatic carbocycles. The molecule has 0 spiro atoms. The average Bonchev–Trinajstić information content (AvgIpc) is 2.17. The van der Waals surface area contributed by atoms with Gasteiger partial charge in [-0.25, -0.2) is 0 Å². The maximum Gasteiger partial charge on any atom is 0.172 e. The Morgan fingerprint density at radius 2 is 2.08 bits per heavy atom. The molecule has 0 aliphatic carbocycles. The number of rotatable bonds is 2. The zero-order valence-electron chi connectivity index (χ0n) is 7.05. The van der Waals surface area contributed by atoms with Crippen LogP contribution in [0.1, 0.15) is 17.5 Å². The standard InChI is InChI=1S/C8H9N3O2/c1-5-2-3-6(11-10-5)8(13)7(12)4-9/h2-3,7-8,12-13H,1H3. The highest BCUT2D eigenvalue weighted by Gasteiger charge is 2.18. The Morgan fingerprint density at radius 3 is 2.54 bits per heavy atom. The summed E-state index contributed by atoms with van der Waals surface area (Å²) in [6.45, 7) is 1.75. The summed E-state index contributed by atoms with van der Waals surface area (Å²) < 4.78 is 0. The summed E-state index contributed by atoms with van der Waals surface area (Å²) in [6.07, 6.45) is -2.75. The fourth-order valence-corrected chi connectivity index (χ4v) is 0.799. The summed E-state index contributed by atoms with van der Waals surface area (Å²) in [6, 6.07) is 4.69. The predicted molar refractivity (Wildman–Crippen MR) is 43.3 cm³/mol. The fourth-order valence-electron chi connectivity index (χ4n) is 0.799. The van der Waals surface area contributed by atoms with Crippen molar-refractivity contribution < 1.29 is 10.2 Å². The Morgan fingerprint density at radius 1 is 1.38 bits per heavy atom. The largest absolute Gasteiger partial charge is 0.383 e. The SMILES string of the molecule is Cc1ccc(C(O)C(O)C#N)nn1. The minimum atomic E-state index is -1.46. The molecule has 2 atom stereocenters. The normalized spacial score (nSPS) is 14.6. The van der Waals surface area contributed by atoms with Crippen molar-refractivity contribution in [2.24, 2.45) is 0 Å². The quantitative estimate of drug-likeness (QED) is 0.608. The van der Waals surface area contributed by atoms with Crippen LogP contribution in [0.5, 0.6) is 0 Å². The summed E-state index contributed by atoms with van der Waals surface area (Å²) >= 11 is 0. The monoisotopic (exact) mass is 179 g/mol. The molecule has 5 nitrogen and oxygen atoms in total. The van der Waals surface area contributed by atoms with Crippen molar-refractivity contribution in [2.45, 2.75) is 19.1 Å². The molecule has 1 aromatic heterocycles. The molecule has 68 valence electrons. The maximum absolute atomic E-state index is 9.30. The van der Waals surface area contributed by atoms with Crippen LogP contribution < -0.4 is 0 Å². The van der Waals surface area contributed by atoms with Crippen molar-refractivity contribution >= 4 is 0 Å². The van der Waals surface area contributed by atoms with Gasteiger partial charge in [-0.2, -0.15) is 15.5 Å². The van der Waals surface area contributed by atoms with E-state index in [1.165, 1.54) is 12.1 Å². The van der Waals surface area contributed by atoms with Gasteiger partial charge in [-0.15, -0.1) is 0 Å². The first kappa shape index (κ1) is 9.58. The topological polar surface area (TPSA) is 90.0 Å². The Hall–Kier alpha value is -1.51. The van der Waals surface area contributed by atoms with Gasteiger partial charge < -0.3 is 10.2 Å². The lowest BCUT2D eigenvalue weighted by molar-refractivity contribution is 0.0492. The summed E-state index contributed by atoms with van der Waals surface area (Å²) in [4.78, 5) is 0. The molecule has 0 amide bonds. The van der Waals surface area contributed by atoms with Crippen LogP contribution in [0, 0.1) is 18.3 Å². The molecule has 1 heterocycles. The van der Waals surface area contributed by atoms with Crippen LogP contribution in [0.2, 0.25) is 0 Å². The van der Waals surface area contributed by atoms with E-state index in [1.54, 1.807) is 13.0 Å². The Kier molecular flexibility index (Phi) is 2.90. The van der Waals surface area contributed by atoms with Crippen LogP contribution in [-0.2, 0) is 0 Å². The Labute approximate surface area is 75.3 Å². The lowest BCUT2D eigenvalue weighted by Crippen LogP contribution is -2.17. The third-order valence-corrected chi connectivity index (χ3v) is 1.55. The van der Waals surface area contributed by atoms with E-state index >= 15 is 0 Å². The van der Waals surface area contributed by atoms with Crippen LogP contribution in [0.3, 0.4) is 0 Å². The summed E-state index contributed by atoms with van der Waals surface area (Å²) in [5.74, 6) is 0. The van der Waals surface area contributed by atoms with Crippen LogP contribution in [0.4, 0.5) is 0 Å². The smallest absolute Gasteiger partial charge is 0.172 e. The van der Waals surface area contributed by atoms with E-state index in [4.69, 9.17) is 10.4 Å². The van der Waals surface area contributed by atoms with Crippen molar-refractivity contribution in [3.05, 3.63) is 23.5 Å². The molecule has 0 aliphatic rings. The first-order valence-electron chi connectivity index (χ1n) is 3.71. The molecular formula is C8H9N3O2. The molecule has 2 unspecified atom stereocenters. The molecule has 0 bridgehead atoms. The Balaban J connectivity index is 2.84. The van der Waals surface area contributed by atoms with Gasteiger partial charge in [0, 0.05) is 0 Å². The minimum absolute atomic E-state index is 0.194. The first-order valence-corrected chi connectivity index (χ1v) is 3.71. The number of nitrogens with zero attached hydrogens (tertiary/aromatic N) is 3. The van der Waals surface area contributed by atoms with Gasteiger partial charge in [0.25, 0.3) is 0 Å². The summed E-state index contributed by atoms with van der Waals surface area (Å²) in [5.41, 5.74) is 0.905. The van der Waals surface area contributed by atoms with Gasteiger partial charge >= 0.3 is 0 Å². The number of hydrogen-bond acceptors (Lipinski definition) is 5. The van der Waals surface area contributed by atoms with Crippen molar-refractivity contribution in [1.29, 1.82) is 5.26 Å². The molecule has 2 N–H and O–H groups in total. The van der Waals surface area contributed by atoms with Gasteiger partial charge in [0.05, 0.1) is 17.5 Å². The number of aliphatic hydroxyl groups is 2. The van der Waals surface area contributed by atoms with E-state index in [0.717, 1.165) is 0 Å². The summed E-state index contributed by atoms with van der Waals surface area (Å²) in [5, 5.41) is 33.9. The van der Waals surface area contributed by atoms with E-state index in [0.29, 0.717) is 5.69 Å². The van der Waals surface area contributed by atoms with Gasteiger partial charge in [-0.1, -0.05) is 0 Å². The molecule has 5 heteroatoms. The van der Waals surface area contributed by atoms with Crippen LogP contribution in [-0.4, -0.2) is 26.5 Å². The number of aromatic nitrogens is 2. The van der Waals surface area contributed by atoms with Crippen molar-refractivity contribution in [3.8, 4) is 6.07 Å². The lowest BCUT2D eigenvalue weighted by atomic mass is 10.1. The zero-order chi connectivity index (χ0) is 9.84. The average molecular weight is 179 g/mol. The van der Waals surface area contributed by atoms with Gasteiger partial charge in [-0.05, 0) is 19.1 Å². The number of hydrogen-bond donors (Lipinski definition) is 2. The zero-order valence-corrected chi connectivity index (χ0v) is 7.05. The first-order chi connectivity index (χ1) is 6.15. The molecule has 1 aromatic rings. The number of nitriles is 1. The molecule has 1 rings (SSSR count). The highest BCUT2D eigenvalue weighted by atomic mass is 16.3. The molecule has 0 saturated heterocycles. The molecular weight excluding hydrogens is 170 g/mol. The van der Waals surface area contributed by atoms with Crippen LogP contribution in [0.15, 0.2) is 12.1 Å². The third-order valence-electron chi connectivity index (χ3n) is 1.55. The Bertz CT molecular complexity index is 317. The van der Waals surface area contributed by atoms with E-state index in [2.05, 4.69) is 10.2 Å². The maximum atomic E-state index is 9.30. The van der Waals surface area contributed by atoms with Crippen LogP contribution >= 0.6 is 0 Å². The van der Waals surface area contributed by atoms with E-state index in [1.807, 2.05) is 0 Å². The lowest BCUT2D eigenvalue weighted by Gasteiger charge is -2.09. The molecule has 0 aliphatic heterocycles. The molecule has 13 heavy (non-hydrogen) atoms. The van der Waals surface area contributed by atoms with E-state index in [-0.39, 0.29) is 5.69 Å². The predicted octanol–water partition coefficient (Wildman–Crippen LogP) is -0.297. The molecule has 0 saturated carbocycles. The van der Waals surface area contributed by atoms with Gasteiger partial charge in [-0.3, -0.25) is 0 Å². The van der Waals surface area contributed by atoms with E-state index in [9.17, 15) is 5.11 Å². The number of aliphatic hydroxyl groups excluding tert-OH is 2. The van der Waals surface area contributed by atoms with Crippen molar-refractivity contribution in [1.82, 2.24) is 10.2 Å². The summed E-state index contributed by atoms with van der Waals surface area (Å²) in [7, 11) is 0. The van der Waals surface area contributed by atoms with Crippen molar-refractivity contribution in [2.75, 3.05) is 0 Å². The minimum Gasteiger partial charge on any atom is -0.383 e. The second kappa shape index (κ2) is 3.94. The van der Waals surface area contributed by atoms with Gasteiger partial charge in [0.15, 0.2) is 6.10 Å². The highest BCUT2D eigenvalue weighted by molar-refractivity contribution is 5.11. The fraction of sp³-hybridized carbons (Fsp3) is 0.375. The van der Waals surface area contributed by atoms with Crippen LogP contribution in [0.25, 0.3) is 0 Å². The van der Waals surface area contributed by atoms with Gasteiger partial charge in [0.1, 0.15) is 6.10 Å². The van der Waals surface area contributed by atoms with Gasteiger partial charge in [0.2, 0.25) is 0 Å². The second-order valence-corrected chi connectivity index (χ2v) is 2.62. The second-order valence-electron chi connectivity index (χ2n) is 2.62. The van der Waals surface area contributed by atoms with E-state index < -0.39 is 12.2 Å². The van der Waals surface area contributed by atoms with Crippen molar-refractivity contribution in [3.63, 3.8) is 0 Å². The third kappa shape index (κ3) is 2.21. The molecule has 0 fully saturated rings. The molecule has 0 radical (unpaired) electrons.